The molecule has 3 heteroatoms. The third-order valence-corrected chi connectivity index (χ3v) is 3.17. The molecule has 1 aromatic rings. The van der Waals surface area contributed by atoms with E-state index < -0.39 is 0 Å². The Morgan fingerprint density at radius 3 is 2.80 bits per heavy atom. The number of hydrogen-bond acceptors (Lipinski definition) is 3. The summed E-state index contributed by atoms with van der Waals surface area (Å²) < 4.78 is 0. The summed E-state index contributed by atoms with van der Waals surface area (Å²) in [5.41, 5.74) is 1.17. The molecular weight excluding hydrogens is 186 g/mol. The van der Waals surface area contributed by atoms with Crippen molar-refractivity contribution in [2.75, 3.05) is 6.54 Å². The van der Waals surface area contributed by atoms with E-state index in [1.807, 2.05) is 6.20 Å². The fraction of sp³-hybridized carbons (Fsp3) is 0.667. The zero-order chi connectivity index (χ0) is 10.7. The number of rotatable bonds is 4. The molecule has 1 aliphatic carbocycles. The predicted molar refractivity (Wildman–Crippen MR) is 60.6 cm³/mol. The summed E-state index contributed by atoms with van der Waals surface area (Å²) in [6.45, 7) is 5.49. The minimum atomic E-state index is 0.577. The molecule has 0 spiro atoms. The molecule has 15 heavy (non-hydrogen) atoms. The van der Waals surface area contributed by atoms with Crippen molar-refractivity contribution in [1.82, 2.24) is 15.3 Å². The van der Waals surface area contributed by atoms with Gasteiger partial charge in [-0.3, -0.25) is 9.97 Å². The van der Waals surface area contributed by atoms with Gasteiger partial charge in [0.1, 0.15) is 0 Å². The maximum atomic E-state index is 4.39. The van der Waals surface area contributed by atoms with E-state index in [9.17, 15) is 0 Å². The van der Waals surface area contributed by atoms with E-state index in [1.54, 1.807) is 12.4 Å². The van der Waals surface area contributed by atoms with Crippen molar-refractivity contribution in [2.45, 2.75) is 38.6 Å². The molecule has 1 fully saturated rings. The fourth-order valence-electron chi connectivity index (χ4n) is 2.09. The molecule has 1 saturated carbocycles. The van der Waals surface area contributed by atoms with Crippen LogP contribution in [-0.2, 0) is 0 Å². The first-order chi connectivity index (χ1) is 7.27. The number of nitrogens with zero attached hydrogens (tertiary/aromatic N) is 2. The van der Waals surface area contributed by atoms with E-state index in [0.717, 1.165) is 12.5 Å². The highest BCUT2D eigenvalue weighted by Gasteiger charge is 2.32. The van der Waals surface area contributed by atoms with Crippen molar-refractivity contribution in [1.29, 1.82) is 0 Å². The Morgan fingerprint density at radius 2 is 2.27 bits per heavy atom. The van der Waals surface area contributed by atoms with Gasteiger partial charge in [-0.15, -0.1) is 0 Å². The second-order valence-electron chi connectivity index (χ2n) is 4.64. The normalized spacial score (nSPS) is 25.3. The first kappa shape index (κ1) is 10.6. The second-order valence-corrected chi connectivity index (χ2v) is 4.64. The van der Waals surface area contributed by atoms with Crippen LogP contribution in [-0.4, -0.2) is 22.6 Å². The Morgan fingerprint density at radius 1 is 1.40 bits per heavy atom. The Hall–Kier alpha value is -0.960. The second kappa shape index (κ2) is 4.71. The number of aromatic nitrogens is 2. The molecule has 0 aliphatic heterocycles. The minimum absolute atomic E-state index is 0.577. The summed E-state index contributed by atoms with van der Waals surface area (Å²) in [5.74, 6) is 1.38. The molecule has 0 saturated heterocycles. The lowest BCUT2D eigenvalue weighted by Crippen LogP contribution is -2.37. The van der Waals surface area contributed by atoms with Gasteiger partial charge in [-0.2, -0.15) is 0 Å². The van der Waals surface area contributed by atoms with Crippen molar-refractivity contribution in [2.24, 2.45) is 5.92 Å². The maximum absolute atomic E-state index is 4.39. The molecule has 2 atom stereocenters. The van der Waals surface area contributed by atoms with E-state index in [4.69, 9.17) is 0 Å². The zero-order valence-corrected chi connectivity index (χ0v) is 9.48. The van der Waals surface area contributed by atoms with E-state index in [1.165, 1.54) is 18.5 Å². The van der Waals surface area contributed by atoms with Crippen LogP contribution in [0.15, 0.2) is 18.6 Å². The molecule has 0 aromatic carbocycles. The third-order valence-electron chi connectivity index (χ3n) is 3.17. The van der Waals surface area contributed by atoms with E-state index >= 15 is 0 Å². The lowest BCUT2D eigenvalue weighted by atomic mass is 9.72. The highest BCUT2D eigenvalue weighted by Crippen LogP contribution is 2.40. The lowest BCUT2D eigenvalue weighted by Gasteiger charge is -2.36. The van der Waals surface area contributed by atoms with Gasteiger partial charge in [-0.1, -0.05) is 13.8 Å². The zero-order valence-electron chi connectivity index (χ0n) is 9.48. The van der Waals surface area contributed by atoms with E-state index in [2.05, 4.69) is 29.1 Å². The summed E-state index contributed by atoms with van der Waals surface area (Å²) in [4.78, 5) is 8.52. The molecule has 2 rings (SSSR count). The Balaban J connectivity index is 1.89. The van der Waals surface area contributed by atoms with Crippen LogP contribution in [0.25, 0.3) is 0 Å². The SMILES string of the molecule is CC(C)NCC1CCC1c1cnccn1. The average molecular weight is 205 g/mol. The van der Waals surface area contributed by atoms with Crippen LogP contribution in [0.3, 0.4) is 0 Å². The fourth-order valence-corrected chi connectivity index (χ4v) is 2.09. The largest absolute Gasteiger partial charge is 0.314 e. The van der Waals surface area contributed by atoms with Gasteiger partial charge in [0.05, 0.1) is 5.69 Å². The summed E-state index contributed by atoms with van der Waals surface area (Å²) in [6.07, 6.45) is 8.03. The molecule has 2 unspecified atom stereocenters. The molecule has 0 bridgehead atoms. The van der Waals surface area contributed by atoms with Gasteiger partial charge in [-0.05, 0) is 25.3 Å². The third kappa shape index (κ3) is 2.53. The molecule has 1 heterocycles. The average Bonchev–Trinajstić information content (AvgIpc) is 2.17. The van der Waals surface area contributed by atoms with Crippen LogP contribution in [0.4, 0.5) is 0 Å². The van der Waals surface area contributed by atoms with Crippen LogP contribution < -0.4 is 5.32 Å². The highest BCUT2D eigenvalue weighted by molar-refractivity contribution is 5.10. The van der Waals surface area contributed by atoms with Crippen LogP contribution in [0, 0.1) is 5.92 Å². The quantitative estimate of drug-likeness (QED) is 0.816. The van der Waals surface area contributed by atoms with Crippen molar-refractivity contribution in [3.63, 3.8) is 0 Å². The Kier molecular flexibility index (Phi) is 3.31. The van der Waals surface area contributed by atoms with E-state index in [-0.39, 0.29) is 0 Å². The van der Waals surface area contributed by atoms with Crippen LogP contribution in [0.1, 0.15) is 38.3 Å². The van der Waals surface area contributed by atoms with Crippen LogP contribution in [0.2, 0.25) is 0 Å². The lowest BCUT2D eigenvalue weighted by molar-refractivity contribution is 0.236. The molecule has 82 valence electrons. The summed E-state index contributed by atoms with van der Waals surface area (Å²) in [5, 5.41) is 3.50. The maximum Gasteiger partial charge on any atom is 0.0620 e. The molecule has 0 amide bonds. The standard InChI is InChI=1S/C12H19N3/c1-9(2)15-7-10-3-4-11(10)12-8-13-5-6-14-12/h5-6,8-11,15H,3-4,7H2,1-2H3. The highest BCUT2D eigenvalue weighted by atomic mass is 14.9. The molecule has 1 N–H and O–H groups in total. The van der Waals surface area contributed by atoms with Crippen LogP contribution >= 0.6 is 0 Å². The number of hydrogen-bond donors (Lipinski definition) is 1. The minimum Gasteiger partial charge on any atom is -0.314 e. The molecular formula is C12H19N3. The van der Waals surface area contributed by atoms with Crippen LogP contribution in [0.5, 0.6) is 0 Å². The van der Waals surface area contributed by atoms with Crippen molar-refractivity contribution < 1.29 is 0 Å². The van der Waals surface area contributed by atoms with Gasteiger partial charge in [-0.25, -0.2) is 0 Å². The van der Waals surface area contributed by atoms with Gasteiger partial charge in [0.25, 0.3) is 0 Å². The van der Waals surface area contributed by atoms with E-state index in [0.29, 0.717) is 12.0 Å². The first-order valence-electron chi connectivity index (χ1n) is 5.76. The summed E-state index contributed by atoms with van der Waals surface area (Å²) >= 11 is 0. The van der Waals surface area contributed by atoms with Gasteiger partial charge >= 0.3 is 0 Å². The van der Waals surface area contributed by atoms with Crippen molar-refractivity contribution in [3.05, 3.63) is 24.3 Å². The van der Waals surface area contributed by atoms with Gasteiger partial charge in [0.15, 0.2) is 0 Å². The van der Waals surface area contributed by atoms with Gasteiger partial charge in [0, 0.05) is 30.6 Å². The molecule has 1 aromatic heterocycles. The molecule has 3 nitrogen and oxygen atoms in total. The summed E-state index contributed by atoms with van der Waals surface area (Å²) in [7, 11) is 0. The smallest absolute Gasteiger partial charge is 0.0620 e. The number of nitrogens with one attached hydrogen (secondary N) is 1. The van der Waals surface area contributed by atoms with Crippen molar-refractivity contribution >= 4 is 0 Å². The monoisotopic (exact) mass is 205 g/mol. The molecule has 0 radical (unpaired) electrons. The van der Waals surface area contributed by atoms with Gasteiger partial charge < -0.3 is 5.32 Å². The molecule has 1 aliphatic rings. The summed E-state index contributed by atoms with van der Waals surface area (Å²) in [6, 6.07) is 0.577. The predicted octanol–water partition coefficient (Wildman–Crippen LogP) is 1.97. The Labute approximate surface area is 91.3 Å². The topological polar surface area (TPSA) is 37.8 Å². The van der Waals surface area contributed by atoms with Crippen molar-refractivity contribution in [3.8, 4) is 0 Å². The van der Waals surface area contributed by atoms with Gasteiger partial charge in [0.2, 0.25) is 0 Å². The first-order valence-corrected chi connectivity index (χ1v) is 5.76. The Bertz CT molecular complexity index is 297.